The minimum atomic E-state index is -3.86. The molecule has 5 nitrogen and oxygen atoms in total. The molecule has 1 unspecified atom stereocenters. The molecule has 0 aliphatic heterocycles. The molecule has 154 valence electrons. The van der Waals surface area contributed by atoms with E-state index in [1.807, 2.05) is 54.6 Å². The van der Waals surface area contributed by atoms with Crippen LogP contribution in [0.3, 0.4) is 0 Å². The summed E-state index contributed by atoms with van der Waals surface area (Å²) in [5, 5.41) is 4.47. The van der Waals surface area contributed by atoms with Gasteiger partial charge in [-0.25, -0.2) is 8.42 Å². The van der Waals surface area contributed by atoms with E-state index >= 15 is 0 Å². The molecule has 0 radical (unpaired) electrons. The van der Waals surface area contributed by atoms with Crippen molar-refractivity contribution in [3.63, 3.8) is 0 Å². The number of hydrogen-bond acceptors (Lipinski definition) is 3. The van der Waals surface area contributed by atoms with Crippen LogP contribution in [0.2, 0.25) is 0 Å². The Labute approximate surface area is 177 Å². The normalized spacial score (nSPS) is 12.2. The highest BCUT2D eigenvalue weighted by Gasteiger charge is 2.28. The zero-order valence-corrected chi connectivity index (χ0v) is 17.7. The van der Waals surface area contributed by atoms with Crippen LogP contribution < -0.4 is 10.0 Å². The van der Waals surface area contributed by atoms with Crippen LogP contribution in [0.25, 0.3) is 10.8 Å². The first-order valence-electron chi connectivity index (χ1n) is 9.69. The molecule has 0 bridgehead atoms. The zero-order chi connectivity index (χ0) is 21.6. The van der Waals surface area contributed by atoms with Crippen molar-refractivity contribution in [1.29, 1.82) is 0 Å². The van der Waals surface area contributed by atoms with Crippen molar-refractivity contribution >= 4 is 26.7 Å². The van der Waals surface area contributed by atoms with E-state index in [0.29, 0.717) is 0 Å². The first kappa shape index (κ1) is 21.6. The summed E-state index contributed by atoms with van der Waals surface area (Å²) in [6.45, 7) is 3.72. The van der Waals surface area contributed by atoms with Crippen molar-refractivity contribution in [3.05, 3.63) is 78.4 Å². The molecule has 3 aromatic rings. The summed E-state index contributed by atoms with van der Waals surface area (Å²) in [7, 11) is -3.86. The summed E-state index contributed by atoms with van der Waals surface area (Å²) in [5.74, 6) is 5.20. The lowest BCUT2D eigenvalue weighted by Gasteiger charge is -2.21. The highest BCUT2D eigenvalue weighted by molar-refractivity contribution is 7.89. The Morgan fingerprint density at radius 3 is 2.30 bits per heavy atom. The number of sulfonamides is 1. The van der Waals surface area contributed by atoms with Gasteiger partial charge in [-0.2, -0.15) is 4.72 Å². The third kappa shape index (κ3) is 5.47. The minimum absolute atomic E-state index is 0.128. The summed E-state index contributed by atoms with van der Waals surface area (Å²) in [5.41, 5.74) is 0.851. The number of fused-ring (bicyclic) bond motifs is 1. The predicted octanol–water partition coefficient (Wildman–Crippen LogP) is 3.31. The van der Waals surface area contributed by atoms with E-state index in [2.05, 4.69) is 21.9 Å². The zero-order valence-electron chi connectivity index (χ0n) is 16.9. The summed E-state index contributed by atoms with van der Waals surface area (Å²) in [6.07, 6.45) is 0. The quantitative estimate of drug-likeness (QED) is 0.601. The molecule has 2 N–H and O–H groups in total. The van der Waals surface area contributed by atoms with Crippen molar-refractivity contribution in [2.45, 2.75) is 24.8 Å². The summed E-state index contributed by atoms with van der Waals surface area (Å²) in [6, 6.07) is 21.0. The molecule has 1 atom stereocenters. The van der Waals surface area contributed by atoms with Gasteiger partial charge in [0.25, 0.3) is 0 Å². The van der Waals surface area contributed by atoms with Gasteiger partial charge in [0, 0.05) is 5.56 Å². The van der Waals surface area contributed by atoms with Crippen LogP contribution in [-0.2, 0) is 14.8 Å². The van der Waals surface area contributed by atoms with E-state index < -0.39 is 22.0 Å². The molecule has 0 fully saturated rings. The Kier molecular flexibility index (Phi) is 6.88. The number of amides is 1. The van der Waals surface area contributed by atoms with Crippen molar-refractivity contribution in [1.82, 2.24) is 10.0 Å². The molecule has 6 heteroatoms. The SMILES string of the molecule is CC(C)C(NS(=O)(=O)c1ccc2ccccc2c1)C(=O)NCC#Cc1ccccc1. The Balaban J connectivity index is 1.70. The molecule has 3 rings (SSSR count). The molecule has 0 aliphatic carbocycles. The van der Waals surface area contributed by atoms with Gasteiger partial charge in [-0.15, -0.1) is 0 Å². The van der Waals surface area contributed by atoms with Crippen LogP contribution in [-0.4, -0.2) is 26.9 Å². The van der Waals surface area contributed by atoms with Gasteiger partial charge >= 0.3 is 0 Å². The maximum atomic E-state index is 12.9. The van der Waals surface area contributed by atoms with Crippen LogP contribution in [0.4, 0.5) is 0 Å². The van der Waals surface area contributed by atoms with Gasteiger partial charge in [-0.05, 0) is 41.0 Å². The number of carbonyl (C=O) groups is 1. The van der Waals surface area contributed by atoms with Crippen LogP contribution in [0.1, 0.15) is 19.4 Å². The fraction of sp³-hybridized carbons (Fsp3) is 0.208. The average Bonchev–Trinajstić information content (AvgIpc) is 2.75. The number of hydrogen-bond donors (Lipinski definition) is 2. The Bertz CT molecular complexity index is 1190. The van der Waals surface area contributed by atoms with Gasteiger partial charge in [0.05, 0.1) is 11.4 Å². The van der Waals surface area contributed by atoms with Gasteiger partial charge in [-0.3, -0.25) is 4.79 Å². The smallest absolute Gasteiger partial charge is 0.241 e. The van der Waals surface area contributed by atoms with Crippen molar-refractivity contribution in [2.75, 3.05) is 6.54 Å². The molecule has 3 aromatic carbocycles. The summed E-state index contributed by atoms with van der Waals surface area (Å²) >= 11 is 0. The number of nitrogens with one attached hydrogen (secondary N) is 2. The van der Waals surface area contributed by atoms with Gasteiger partial charge in [0.15, 0.2) is 0 Å². The number of carbonyl (C=O) groups excluding carboxylic acids is 1. The van der Waals surface area contributed by atoms with Crippen molar-refractivity contribution in [3.8, 4) is 11.8 Å². The van der Waals surface area contributed by atoms with Crippen LogP contribution in [0.5, 0.6) is 0 Å². The standard InChI is InChI=1S/C24H24N2O3S/c1-18(2)23(24(27)25-16-8-11-19-9-4-3-5-10-19)26-30(28,29)22-15-14-20-12-6-7-13-21(20)17-22/h3-7,9-10,12-15,17-18,23,26H,16H2,1-2H3,(H,25,27). The highest BCUT2D eigenvalue weighted by Crippen LogP contribution is 2.19. The van der Waals surface area contributed by atoms with Crippen LogP contribution in [0, 0.1) is 17.8 Å². The van der Waals surface area contributed by atoms with E-state index in [0.717, 1.165) is 16.3 Å². The first-order chi connectivity index (χ1) is 14.4. The molecule has 30 heavy (non-hydrogen) atoms. The average molecular weight is 421 g/mol. The van der Waals surface area contributed by atoms with Crippen molar-refractivity contribution in [2.24, 2.45) is 5.92 Å². The van der Waals surface area contributed by atoms with E-state index in [-0.39, 0.29) is 17.4 Å². The fourth-order valence-electron chi connectivity index (χ4n) is 2.97. The second-order valence-corrected chi connectivity index (χ2v) is 8.95. The molecule has 0 saturated carbocycles. The first-order valence-corrected chi connectivity index (χ1v) is 11.2. The molecule has 0 spiro atoms. The Morgan fingerprint density at radius 1 is 0.933 bits per heavy atom. The molecule has 0 saturated heterocycles. The predicted molar refractivity (Wildman–Crippen MR) is 119 cm³/mol. The second kappa shape index (κ2) is 9.57. The molecule has 0 heterocycles. The van der Waals surface area contributed by atoms with Gasteiger partial charge < -0.3 is 5.32 Å². The second-order valence-electron chi connectivity index (χ2n) is 7.24. The summed E-state index contributed by atoms with van der Waals surface area (Å²) in [4.78, 5) is 12.7. The molecule has 0 aliphatic rings. The molecular formula is C24H24N2O3S. The molecule has 1 amide bonds. The fourth-order valence-corrected chi connectivity index (χ4v) is 4.35. The third-order valence-corrected chi connectivity index (χ3v) is 6.06. The van der Waals surface area contributed by atoms with E-state index in [9.17, 15) is 13.2 Å². The van der Waals surface area contributed by atoms with Crippen LogP contribution >= 0.6 is 0 Å². The highest BCUT2D eigenvalue weighted by atomic mass is 32.2. The van der Waals surface area contributed by atoms with Crippen LogP contribution in [0.15, 0.2) is 77.7 Å². The van der Waals surface area contributed by atoms with Gasteiger partial charge in [0.1, 0.15) is 6.04 Å². The van der Waals surface area contributed by atoms with E-state index in [1.165, 1.54) is 0 Å². The van der Waals surface area contributed by atoms with E-state index in [1.54, 1.807) is 32.0 Å². The topological polar surface area (TPSA) is 75.3 Å². The summed E-state index contributed by atoms with van der Waals surface area (Å²) < 4.78 is 28.3. The number of benzene rings is 3. The molecule has 0 aromatic heterocycles. The Morgan fingerprint density at radius 2 is 1.60 bits per heavy atom. The number of rotatable bonds is 6. The minimum Gasteiger partial charge on any atom is -0.344 e. The largest absolute Gasteiger partial charge is 0.344 e. The third-order valence-electron chi connectivity index (χ3n) is 4.62. The van der Waals surface area contributed by atoms with E-state index in [4.69, 9.17) is 0 Å². The van der Waals surface area contributed by atoms with Crippen molar-refractivity contribution < 1.29 is 13.2 Å². The maximum absolute atomic E-state index is 12.9. The lowest BCUT2D eigenvalue weighted by atomic mass is 10.1. The lowest BCUT2D eigenvalue weighted by molar-refractivity contribution is -0.123. The Hall–Kier alpha value is -3.14. The monoisotopic (exact) mass is 420 g/mol. The molecular weight excluding hydrogens is 396 g/mol. The van der Waals surface area contributed by atoms with Gasteiger partial charge in [0.2, 0.25) is 15.9 Å². The maximum Gasteiger partial charge on any atom is 0.241 e. The lowest BCUT2D eigenvalue weighted by Crippen LogP contribution is -2.49. The van der Waals surface area contributed by atoms with Gasteiger partial charge in [-0.1, -0.05) is 74.2 Å².